The Morgan fingerprint density at radius 3 is 2.16 bits per heavy atom. The van der Waals surface area contributed by atoms with E-state index in [0.29, 0.717) is 5.56 Å². The van der Waals surface area contributed by atoms with Gasteiger partial charge in [0.2, 0.25) is 12.3 Å². The third-order valence-electron chi connectivity index (χ3n) is 2.69. The van der Waals surface area contributed by atoms with Crippen molar-refractivity contribution in [3.8, 4) is 0 Å². The molecule has 0 atom stereocenters. The molecule has 0 saturated heterocycles. The number of Topliss-reactive ketones (excluding diaryl/α,β-unsaturated/α-hetero) is 1. The van der Waals surface area contributed by atoms with Gasteiger partial charge in [-0.05, 0) is 44.2 Å². The third-order valence-corrected chi connectivity index (χ3v) is 2.69. The predicted molar refractivity (Wildman–Crippen MR) is 77.2 cm³/mol. The second kappa shape index (κ2) is 6.57. The van der Waals surface area contributed by atoms with Crippen molar-refractivity contribution in [2.45, 2.75) is 20.4 Å². The lowest BCUT2D eigenvalue weighted by molar-refractivity contribution is -0.683. The average Bonchev–Trinajstić information content (AvgIpc) is 2.28. The first-order valence-electron chi connectivity index (χ1n) is 5.81. The molecule has 1 heterocycles. The predicted octanol–water partition coefficient (Wildman–Crippen LogP) is 3.19. The standard InChI is InChI=1S/C15H15FNO.BrH/c1-11-7-12(2)9-17(8-11)10-15(18)13-3-5-14(16)6-4-13;/h3-9H,10H2,1-2H3;1H/q+1;. The SMILES string of the molecule is Br.Cc1cc(C)c[n+](CC(=O)c2ccc(F)cc2)c1. The Kier molecular flexibility index (Phi) is 5.36. The number of rotatable bonds is 3. The number of nitrogens with zero attached hydrogens (tertiary/aromatic N) is 1. The van der Waals surface area contributed by atoms with Gasteiger partial charge in [0.1, 0.15) is 5.82 Å². The van der Waals surface area contributed by atoms with Crippen LogP contribution < -0.4 is 4.57 Å². The fourth-order valence-corrected chi connectivity index (χ4v) is 1.98. The van der Waals surface area contributed by atoms with E-state index in [1.165, 1.54) is 24.3 Å². The van der Waals surface area contributed by atoms with Crippen LogP contribution in [0, 0.1) is 19.7 Å². The summed E-state index contributed by atoms with van der Waals surface area (Å²) in [6, 6.07) is 7.69. The maximum absolute atomic E-state index is 12.8. The van der Waals surface area contributed by atoms with E-state index in [0.717, 1.165) is 11.1 Å². The minimum absolute atomic E-state index is 0. The zero-order valence-electron chi connectivity index (χ0n) is 10.9. The van der Waals surface area contributed by atoms with Crippen LogP contribution in [0.3, 0.4) is 0 Å². The fourth-order valence-electron chi connectivity index (χ4n) is 1.98. The van der Waals surface area contributed by atoms with Gasteiger partial charge in [-0.2, -0.15) is 4.57 Å². The number of carbonyl (C=O) groups is 1. The molecule has 1 aromatic carbocycles. The lowest BCUT2D eigenvalue weighted by atomic mass is 10.1. The second-order valence-electron chi connectivity index (χ2n) is 4.49. The normalized spacial score (nSPS) is 9.84. The molecule has 0 N–H and O–H groups in total. The van der Waals surface area contributed by atoms with Crippen molar-refractivity contribution in [1.82, 2.24) is 0 Å². The Morgan fingerprint density at radius 2 is 1.63 bits per heavy atom. The van der Waals surface area contributed by atoms with E-state index in [1.807, 2.05) is 30.8 Å². The number of aromatic nitrogens is 1. The fraction of sp³-hybridized carbons (Fsp3) is 0.200. The van der Waals surface area contributed by atoms with Crippen LogP contribution in [0.15, 0.2) is 42.7 Å². The summed E-state index contributed by atoms with van der Waals surface area (Å²) < 4.78 is 14.6. The summed E-state index contributed by atoms with van der Waals surface area (Å²) in [6.45, 7) is 4.26. The van der Waals surface area contributed by atoms with Crippen molar-refractivity contribution in [1.29, 1.82) is 0 Å². The molecule has 4 heteroatoms. The molecule has 2 rings (SSSR count). The van der Waals surface area contributed by atoms with E-state index in [2.05, 4.69) is 6.07 Å². The van der Waals surface area contributed by atoms with Crippen LogP contribution in [-0.2, 0) is 6.54 Å². The zero-order valence-corrected chi connectivity index (χ0v) is 12.6. The average molecular weight is 325 g/mol. The number of pyridine rings is 1. The van der Waals surface area contributed by atoms with Gasteiger partial charge in [-0.25, -0.2) is 4.39 Å². The monoisotopic (exact) mass is 324 g/mol. The van der Waals surface area contributed by atoms with Gasteiger partial charge in [0, 0.05) is 16.7 Å². The Morgan fingerprint density at radius 1 is 1.11 bits per heavy atom. The van der Waals surface area contributed by atoms with Crippen LogP contribution >= 0.6 is 17.0 Å². The molecule has 0 bridgehead atoms. The minimum atomic E-state index is -0.328. The molecule has 100 valence electrons. The van der Waals surface area contributed by atoms with Gasteiger partial charge in [-0.15, -0.1) is 17.0 Å². The van der Waals surface area contributed by atoms with Crippen molar-refractivity contribution in [2.24, 2.45) is 0 Å². The summed E-state index contributed by atoms with van der Waals surface area (Å²) in [5, 5.41) is 0. The molecule has 0 aliphatic heterocycles. The lowest BCUT2D eigenvalue weighted by Crippen LogP contribution is -2.38. The lowest BCUT2D eigenvalue weighted by Gasteiger charge is -2.00. The highest BCUT2D eigenvalue weighted by Crippen LogP contribution is 2.04. The van der Waals surface area contributed by atoms with Gasteiger partial charge in [0.25, 0.3) is 0 Å². The number of aryl methyl sites for hydroxylation is 2. The van der Waals surface area contributed by atoms with Crippen molar-refractivity contribution in [3.05, 3.63) is 65.2 Å². The molecule has 1 aromatic heterocycles. The molecule has 0 unspecified atom stereocenters. The Hall–Kier alpha value is -1.55. The molecule has 0 fully saturated rings. The Balaban J connectivity index is 0.00000180. The van der Waals surface area contributed by atoms with Gasteiger partial charge in [-0.1, -0.05) is 0 Å². The van der Waals surface area contributed by atoms with Crippen LogP contribution in [0.5, 0.6) is 0 Å². The zero-order chi connectivity index (χ0) is 13.1. The summed E-state index contributed by atoms with van der Waals surface area (Å²) in [6.07, 6.45) is 3.85. The molecular formula is C15H16BrFNO+. The number of hydrogen-bond acceptors (Lipinski definition) is 1. The Labute approximate surface area is 122 Å². The first-order valence-corrected chi connectivity index (χ1v) is 5.81. The number of benzene rings is 1. The summed E-state index contributed by atoms with van der Waals surface area (Å²) in [4.78, 5) is 12.0. The van der Waals surface area contributed by atoms with Crippen molar-refractivity contribution in [3.63, 3.8) is 0 Å². The quantitative estimate of drug-likeness (QED) is 0.627. The summed E-state index contributed by atoms with van der Waals surface area (Å²) in [5.41, 5.74) is 2.76. The molecule has 2 nitrogen and oxygen atoms in total. The molecule has 0 amide bonds. The molecule has 0 aliphatic rings. The maximum atomic E-state index is 12.8. The van der Waals surface area contributed by atoms with Crippen molar-refractivity contribution in [2.75, 3.05) is 0 Å². The van der Waals surface area contributed by atoms with Gasteiger partial charge in [-0.3, -0.25) is 4.79 Å². The highest BCUT2D eigenvalue weighted by atomic mass is 79.9. The summed E-state index contributed by atoms with van der Waals surface area (Å²) >= 11 is 0. The number of carbonyl (C=O) groups excluding carboxylic acids is 1. The highest BCUT2D eigenvalue weighted by Gasteiger charge is 2.12. The van der Waals surface area contributed by atoms with E-state index < -0.39 is 0 Å². The van der Waals surface area contributed by atoms with E-state index in [-0.39, 0.29) is 35.1 Å². The molecule has 0 saturated carbocycles. The van der Waals surface area contributed by atoms with Crippen molar-refractivity contribution >= 4 is 22.8 Å². The van der Waals surface area contributed by atoms with Crippen molar-refractivity contribution < 1.29 is 13.8 Å². The molecule has 0 radical (unpaired) electrons. The van der Waals surface area contributed by atoms with E-state index >= 15 is 0 Å². The number of ketones is 1. The first kappa shape index (κ1) is 15.5. The minimum Gasteiger partial charge on any atom is -0.287 e. The Bertz CT molecular complexity index is 561. The summed E-state index contributed by atoms with van der Waals surface area (Å²) in [5.74, 6) is -0.351. The number of hydrogen-bond donors (Lipinski definition) is 0. The molecular weight excluding hydrogens is 309 g/mol. The molecule has 19 heavy (non-hydrogen) atoms. The highest BCUT2D eigenvalue weighted by molar-refractivity contribution is 8.93. The largest absolute Gasteiger partial charge is 0.287 e. The smallest absolute Gasteiger partial charge is 0.227 e. The number of halogens is 2. The summed E-state index contributed by atoms with van der Waals surface area (Å²) in [7, 11) is 0. The van der Waals surface area contributed by atoms with Crippen LogP contribution in [0.4, 0.5) is 4.39 Å². The van der Waals surface area contributed by atoms with Gasteiger partial charge >= 0.3 is 0 Å². The first-order chi connectivity index (χ1) is 8.54. The molecule has 2 aromatic rings. The van der Waals surface area contributed by atoms with E-state index in [4.69, 9.17) is 0 Å². The topological polar surface area (TPSA) is 20.9 Å². The van der Waals surface area contributed by atoms with Crippen LogP contribution in [0.25, 0.3) is 0 Å². The van der Waals surface area contributed by atoms with Gasteiger partial charge in [0.05, 0.1) is 0 Å². The van der Waals surface area contributed by atoms with Gasteiger partial charge in [0.15, 0.2) is 12.4 Å². The van der Waals surface area contributed by atoms with E-state index in [9.17, 15) is 9.18 Å². The van der Waals surface area contributed by atoms with Crippen LogP contribution in [0.1, 0.15) is 21.5 Å². The molecule has 0 aliphatic carbocycles. The van der Waals surface area contributed by atoms with Crippen LogP contribution in [0.2, 0.25) is 0 Å². The third kappa shape index (κ3) is 4.24. The maximum Gasteiger partial charge on any atom is 0.227 e. The van der Waals surface area contributed by atoms with Crippen LogP contribution in [-0.4, -0.2) is 5.78 Å². The van der Waals surface area contributed by atoms with E-state index in [1.54, 1.807) is 0 Å². The second-order valence-corrected chi connectivity index (χ2v) is 4.49. The van der Waals surface area contributed by atoms with Gasteiger partial charge < -0.3 is 0 Å². The molecule has 0 spiro atoms.